The van der Waals surface area contributed by atoms with Crippen LogP contribution in [0.2, 0.25) is 0 Å². The molecular formula is C20H18F2N2O3S. The predicted molar refractivity (Wildman–Crippen MR) is 106 cm³/mol. The Hall–Kier alpha value is -2.87. The van der Waals surface area contributed by atoms with Crippen LogP contribution in [0.5, 0.6) is 11.5 Å². The van der Waals surface area contributed by atoms with Crippen LogP contribution in [0, 0.1) is 11.6 Å². The molecule has 8 heteroatoms. The summed E-state index contributed by atoms with van der Waals surface area (Å²) in [5.74, 6) is -0.678. The Morgan fingerprint density at radius 2 is 1.96 bits per heavy atom. The Bertz CT molecular complexity index is 976. The molecule has 0 aromatic heterocycles. The first-order chi connectivity index (χ1) is 13.5. The van der Waals surface area contributed by atoms with Crippen molar-refractivity contribution >= 4 is 34.6 Å². The average molecular weight is 404 g/mol. The van der Waals surface area contributed by atoms with Crippen molar-refractivity contribution in [3.8, 4) is 11.5 Å². The van der Waals surface area contributed by atoms with Gasteiger partial charge < -0.3 is 9.47 Å². The maximum atomic E-state index is 14.0. The van der Waals surface area contributed by atoms with Gasteiger partial charge in [0.05, 0.1) is 19.1 Å². The normalized spacial score (nSPS) is 16.9. The molecule has 0 spiro atoms. The highest BCUT2D eigenvalue weighted by Gasteiger charge is 2.32. The molecule has 0 unspecified atom stereocenters. The fraction of sp³-hybridized carbons (Fsp3) is 0.200. The van der Waals surface area contributed by atoms with Crippen LogP contribution in [0.4, 0.5) is 14.5 Å². The largest absolute Gasteiger partial charge is 0.493 e. The lowest BCUT2D eigenvalue weighted by Crippen LogP contribution is -2.28. The van der Waals surface area contributed by atoms with Gasteiger partial charge >= 0.3 is 0 Å². The molecule has 0 N–H and O–H groups in total. The van der Waals surface area contributed by atoms with Crippen LogP contribution < -0.4 is 9.47 Å². The van der Waals surface area contributed by atoms with Gasteiger partial charge in [-0.15, -0.1) is 0 Å². The number of ether oxygens (including phenoxy) is 2. The molecule has 1 amide bonds. The van der Waals surface area contributed by atoms with Gasteiger partial charge in [0.15, 0.2) is 22.5 Å². The monoisotopic (exact) mass is 404 g/mol. The van der Waals surface area contributed by atoms with Crippen molar-refractivity contribution in [2.45, 2.75) is 6.92 Å². The minimum Gasteiger partial charge on any atom is -0.493 e. The molecule has 1 saturated heterocycles. The lowest BCUT2D eigenvalue weighted by atomic mass is 10.1. The van der Waals surface area contributed by atoms with Gasteiger partial charge in [0, 0.05) is 18.2 Å². The highest BCUT2D eigenvalue weighted by Crippen LogP contribution is 2.38. The summed E-state index contributed by atoms with van der Waals surface area (Å²) in [4.78, 5) is 18.8. The van der Waals surface area contributed by atoms with Crippen molar-refractivity contribution in [2.24, 2.45) is 4.99 Å². The van der Waals surface area contributed by atoms with E-state index in [9.17, 15) is 13.6 Å². The summed E-state index contributed by atoms with van der Waals surface area (Å²) in [7, 11) is 3.05. The molecule has 0 radical (unpaired) electrons. The molecule has 0 bridgehead atoms. The summed E-state index contributed by atoms with van der Waals surface area (Å²) in [6.07, 6.45) is 1.68. The van der Waals surface area contributed by atoms with Crippen molar-refractivity contribution in [3.05, 3.63) is 58.5 Å². The summed E-state index contributed by atoms with van der Waals surface area (Å²) < 4.78 is 37.7. The topological polar surface area (TPSA) is 51.1 Å². The van der Waals surface area contributed by atoms with Crippen LogP contribution in [0.1, 0.15) is 12.5 Å². The number of nitrogens with zero attached hydrogens (tertiary/aromatic N) is 2. The van der Waals surface area contributed by atoms with Crippen LogP contribution in [-0.4, -0.2) is 36.7 Å². The van der Waals surface area contributed by atoms with E-state index in [0.29, 0.717) is 33.7 Å². The van der Waals surface area contributed by atoms with E-state index in [4.69, 9.17) is 9.47 Å². The number of hydrogen-bond acceptors (Lipinski definition) is 5. The molecule has 0 saturated carbocycles. The van der Waals surface area contributed by atoms with Crippen LogP contribution in [-0.2, 0) is 4.79 Å². The van der Waals surface area contributed by atoms with E-state index < -0.39 is 11.6 Å². The Balaban J connectivity index is 2.00. The fourth-order valence-corrected chi connectivity index (χ4v) is 3.76. The number of halogens is 2. The number of carbonyl (C=O) groups is 1. The predicted octanol–water partition coefficient (Wildman–Crippen LogP) is 4.61. The maximum Gasteiger partial charge on any atom is 0.266 e. The number of para-hydroxylation sites is 1. The molecule has 0 aliphatic carbocycles. The number of likely N-dealkylation sites (N-methyl/N-ethyl adjacent to an activating group) is 1. The van der Waals surface area contributed by atoms with E-state index in [-0.39, 0.29) is 11.6 Å². The summed E-state index contributed by atoms with van der Waals surface area (Å²) in [5.41, 5.74) is 0.637. The first-order valence-corrected chi connectivity index (χ1v) is 9.26. The molecule has 2 aromatic carbocycles. The number of thioether (sulfide) groups is 1. The summed E-state index contributed by atoms with van der Waals surface area (Å²) in [5, 5.41) is 0.325. The number of amidine groups is 1. The van der Waals surface area contributed by atoms with E-state index in [1.54, 1.807) is 31.2 Å². The molecule has 1 fully saturated rings. The van der Waals surface area contributed by atoms with Crippen molar-refractivity contribution in [1.82, 2.24) is 4.90 Å². The van der Waals surface area contributed by atoms with Crippen LogP contribution in [0.15, 0.2) is 46.3 Å². The third-order valence-corrected chi connectivity index (χ3v) is 5.06. The van der Waals surface area contributed by atoms with Crippen molar-refractivity contribution in [1.29, 1.82) is 0 Å². The molecule has 1 aliphatic rings. The molecule has 146 valence electrons. The quantitative estimate of drug-likeness (QED) is 0.683. The van der Waals surface area contributed by atoms with Gasteiger partial charge in [0.2, 0.25) is 0 Å². The number of amides is 1. The lowest BCUT2D eigenvalue weighted by Gasteiger charge is -2.12. The second-order valence-electron chi connectivity index (χ2n) is 5.73. The first kappa shape index (κ1) is 19.9. The Labute approximate surface area is 165 Å². The molecule has 1 heterocycles. The van der Waals surface area contributed by atoms with Gasteiger partial charge in [-0.25, -0.2) is 13.8 Å². The number of hydrogen-bond donors (Lipinski definition) is 0. The van der Waals surface area contributed by atoms with Crippen molar-refractivity contribution in [2.75, 3.05) is 20.8 Å². The number of benzene rings is 2. The van der Waals surface area contributed by atoms with Gasteiger partial charge in [0.25, 0.3) is 5.91 Å². The van der Waals surface area contributed by atoms with Gasteiger partial charge in [-0.2, -0.15) is 0 Å². The maximum absolute atomic E-state index is 14.0. The number of carbonyl (C=O) groups excluding carboxylic acids is 1. The van der Waals surface area contributed by atoms with E-state index in [0.717, 1.165) is 23.9 Å². The average Bonchev–Trinajstić information content (AvgIpc) is 2.98. The smallest absolute Gasteiger partial charge is 0.266 e. The molecule has 2 aromatic rings. The highest BCUT2D eigenvalue weighted by molar-refractivity contribution is 8.18. The van der Waals surface area contributed by atoms with E-state index in [1.807, 2.05) is 0 Å². The molecule has 0 atom stereocenters. The second-order valence-corrected chi connectivity index (χ2v) is 6.74. The van der Waals surface area contributed by atoms with Gasteiger partial charge in [-0.1, -0.05) is 12.1 Å². The third kappa shape index (κ3) is 3.87. The minimum absolute atomic E-state index is 0.0321. The number of aliphatic imine (C=N–C) groups is 1. The second kappa shape index (κ2) is 8.43. The number of methoxy groups -OCH3 is 2. The van der Waals surface area contributed by atoms with Crippen LogP contribution >= 0.6 is 11.8 Å². The highest BCUT2D eigenvalue weighted by atomic mass is 32.2. The lowest BCUT2D eigenvalue weighted by molar-refractivity contribution is -0.122. The molecule has 3 rings (SSSR count). The van der Waals surface area contributed by atoms with E-state index in [1.165, 1.54) is 25.2 Å². The molecule has 1 aliphatic heterocycles. The third-order valence-electron chi connectivity index (χ3n) is 4.05. The standard InChI is InChI=1S/C20H18F2N2O3S/c1-4-24-19(25)17(10-12-6-5-7-16(26-2)18(12)27-3)28-20(24)23-15-9-8-13(21)11-14(15)22/h5-11H,4H2,1-3H3/b17-10+,23-20?. The van der Waals surface area contributed by atoms with Gasteiger partial charge in [0.1, 0.15) is 11.5 Å². The number of rotatable bonds is 5. The Kier molecular flexibility index (Phi) is 5.99. The minimum atomic E-state index is -0.788. The zero-order chi connectivity index (χ0) is 20.3. The van der Waals surface area contributed by atoms with Gasteiger partial charge in [-0.3, -0.25) is 9.69 Å². The fourth-order valence-electron chi connectivity index (χ4n) is 2.71. The summed E-state index contributed by atoms with van der Waals surface area (Å²) >= 11 is 1.12. The molecule has 28 heavy (non-hydrogen) atoms. The molecular weight excluding hydrogens is 386 g/mol. The van der Waals surface area contributed by atoms with Crippen molar-refractivity contribution < 1.29 is 23.0 Å². The molecule has 5 nitrogen and oxygen atoms in total. The van der Waals surface area contributed by atoms with Crippen LogP contribution in [0.3, 0.4) is 0 Å². The Morgan fingerprint density at radius 1 is 1.18 bits per heavy atom. The zero-order valence-electron chi connectivity index (χ0n) is 15.5. The van der Waals surface area contributed by atoms with Gasteiger partial charge in [-0.05, 0) is 43.0 Å². The van der Waals surface area contributed by atoms with E-state index in [2.05, 4.69) is 4.99 Å². The first-order valence-electron chi connectivity index (χ1n) is 8.44. The SMILES string of the molecule is CCN1C(=O)/C(=C\c2cccc(OC)c2OC)SC1=Nc1ccc(F)cc1F. The zero-order valence-corrected chi connectivity index (χ0v) is 16.3. The Morgan fingerprint density at radius 3 is 2.61 bits per heavy atom. The summed E-state index contributed by atoms with van der Waals surface area (Å²) in [6, 6.07) is 8.47. The summed E-state index contributed by atoms with van der Waals surface area (Å²) in [6.45, 7) is 2.16. The van der Waals surface area contributed by atoms with Crippen molar-refractivity contribution in [3.63, 3.8) is 0 Å². The van der Waals surface area contributed by atoms with Crippen LogP contribution in [0.25, 0.3) is 6.08 Å². The van der Waals surface area contributed by atoms with E-state index >= 15 is 0 Å².